The zero-order valence-electron chi connectivity index (χ0n) is 12.1. The van der Waals surface area contributed by atoms with E-state index < -0.39 is 5.97 Å². The molecule has 5 nitrogen and oxygen atoms in total. The van der Waals surface area contributed by atoms with Crippen molar-refractivity contribution in [3.8, 4) is 0 Å². The lowest BCUT2D eigenvalue weighted by atomic mass is 10.1. The molecule has 112 valence electrons. The van der Waals surface area contributed by atoms with Crippen LogP contribution in [0.3, 0.4) is 0 Å². The van der Waals surface area contributed by atoms with Crippen molar-refractivity contribution in [2.24, 2.45) is 11.8 Å². The van der Waals surface area contributed by atoms with Crippen LogP contribution >= 0.6 is 0 Å². The highest BCUT2D eigenvalue weighted by atomic mass is 16.4. The van der Waals surface area contributed by atoms with E-state index in [2.05, 4.69) is 12.2 Å². The van der Waals surface area contributed by atoms with Crippen LogP contribution in [0.5, 0.6) is 0 Å². The molecule has 5 heteroatoms. The molecule has 21 heavy (non-hydrogen) atoms. The fourth-order valence-corrected chi connectivity index (χ4v) is 2.86. The van der Waals surface area contributed by atoms with Crippen LogP contribution in [0.25, 0.3) is 0 Å². The molecule has 0 bridgehead atoms. The van der Waals surface area contributed by atoms with E-state index in [1.54, 1.807) is 23.1 Å². The standard InChI is InChI=1S/C16H20N2O3/c1-10(11-2-3-11)7-17-16(21)18-8-13-5-4-12(15(19)20)6-14(13)9-18/h4-6,10-11H,2-3,7-9H2,1H3,(H,17,21)(H,19,20). The average molecular weight is 288 g/mol. The number of rotatable bonds is 4. The van der Waals surface area contributed by atoms with Gasteiger partial charge in [-0.25, -0.2) is 9.59 Å². The summed E-state index contributed by atoms with van der Waals surface area (Å²) in [6, 6.07) is 5.00. The predicted octanol–water partition coefficient (Wildman–Crippen LogP) is 2.46. The Morgan fingerprint density at radius 1 is 1.33 bits per heavy atom. The minimum atomic E-state index is -0.932. The van der Waals surface area contributed by atoms with E-state index in [4.69, 9.17) is 5.11 Å². The minimum Gasteiger partial charge on any atom is -0.478 e. The summed E-state index contributed by atoms with van der Waals surface area (Å²) in [7, 11) is 0. The van der Waals surface area contributed by atoms with E-state index in [9.17, 15) is 9.59 Å². The molecule has 1 aliphatic carbocycles. The molecule has 0 spiro atoms. The van der Waals surface area contributed by atoms with E-state index in [-0.39, 0.29) is 11.6 Å². The molecule has 1 saturated carbocycles. The second-order valence-electron chi connectivity index (χ2n) is 6.15. The lowest BCUT2D eigenvalue weighted by Crippen LogP contribution is -2.38. The first kappa shape index (κ1) is 13.9. The van der Waals surface area contributed by atoms with Crippen LogP contribution in [0.4, 0.5) is 4.79 Å². The topological polar surface area (TPSA) is 69.6 Å². The van der Waals surface area contributed by atoms with E-state index in [1.165, 1.54) is 12.8 Å². The Morgan fingerprint density at radius 2 is 2.05 bits per heavy atom. The number of hydrogen-bond acceptors (Lipinski definition) is 2. The van der Waals surface area contributed by atoms with E-state index in [0.717, 1.165) is 23.6 Å². The van der Waals surface area contributed by atoms with Gasteiger partial charge in [0, 0.05) is 19.6 Å². The number of carbonyl (C=O) groups is 2. The Balaban J connectivity index is 1.58. The molecular weight excluding hydrogens is 268 g/mol. The molecule has 1 aromatic carbocycles. The first-order valence-corrected chi connectivity index (χ1v) is 7.42. The number of carboxylic acids is 1. The minimum absolute atomic E-state index is 0.0597. The van der Waals surface area contributed by atoms with Crippen molar-refractivity contribution in [3.63, 3.8) is 0 Å². The fraction of sp³-hybridized carbons (Fsp3) is 0.500. The second kappa shape index (κ2) is 5.39. The summed E-state index contributed by atoms with van der Waals surface area (Å²) in [6.45, 7) is 3.94. The molecule has 2 N–H and O–H groups in total. The van der Waals surface area contributed by atoms with Gasteiger partial charge in [-0.15, -0.1) is 0 Å². The lowest BCUT2D eigenvalue weighted by Gasteiger charge is -2.18. The van der Waals surface area contributed by atoms with Gasteiger partial charge in [0.05, 0.1) is 5.56 Å². The van der Waals surface area contributed by atoms with Gasteiger partial charge < -0.3 is 15.3 Å². The number of fused-ring (bicyclic) bond motifs is 1. The fourth-order valence-electron chi connectivity index (χ4n) is 2.86. The van der Waals surface area contributed by atoms with Crippen molar-refractivity contribution >= 4 is 12.0 Å². The Hall–Kier alpha value is -2.04. The summed E-state index contributed by atoms with van der Waals surface area (Å²) in [4.78, 5) is 24.9. The van der Waals surface area contributed by atoms with Crippen LogP contribution in [-0.4, -0.2) is 28.6 Å². The highest BCUT2D eigenvalue weighted by Crippen LogP contribution is 2.36. The first-order chi connectivity index (χ1) is 10.0. The summed E-state index contributed by atoms with van der Waals surface area (Å²) in [6.07, 6.45) is 2.56. The van der Waals surface area contributed by atoms with Gasteiger partial charge >= 0.3 is 12.0 Å². The monoisotopic (exact) mass is 288 g/mol. The summed E-state index contributed by atoms with van der Waals surface area (Å²) < 4.78 is 0. The zero-order chi connectivity index (χ0) is 15.0. The number of aromatic carboxylic acids is 1. The third-order valence-corrected chi connectivity index (χ3v) is 4.46. The Bertz CT molecular complexity index is 581. The van der Waals surface area contributed by atoms with Crippen LogP contribution in [0.2, 0.25) is 0 Å². The molecule has 1 atom stereocenters. The van der Waals surface area contributed by atoms with Crippen molar-refractivity contribution in [2.45, 2.75) is 32.9 Å². The Kier molecular flexibility index (Phi) is 3.57. The predicted molar refractivity (Wildman–Crippen MR) is 77.9 cm³/mol. The van der Waals surface area contributed by atoms with Crippen molar-refractivity contribution in [1.82, 2.24) is 10.2 Å². The Morgan fingerprint density at radius 3 is 2.71 bits per heavy atom. The van der Waals surface area contributed by atoms with E-state index >= 15 is 0 Å². The summed E-state index contributed by atoms with van der Waals surface area (Å²) in [5.74, 6) is 0.385. The maximum atomic E-state index is 12.2. The molecule has 1 unspecified atom stereocenters. The molecule has 1 heterocycles. The van der Waals surface area contributed by atoms with E-state index in [1.807, 2.05) is 0 Å². The molecular formula is C16H20N2O3. The third kappa shape index (κ3) is 3.01. The number of benzene rings is 1. The number of nitrogens with zero attached hydrogens (tertiary/aromatic N) is 1. The van der Waals surface area contributed by atoms with Gasteiger partial charge in [0.2, 0.25) is 0 Å². The smallest absolute Gasteiger partial charge is 0.335 e. The molecule has 0 saturated heterocycles. The molecule has 1 aromatic rings. The number of amides is 2. The Labute approximate surface area is 123 Å². The van der Waals surface area contributed by atoms with Crippen LogP contribution in [0.1, 0.15) is 41.3 Å². The average Bonchev–Trinajstić information content (AvgIpc) is 3.22. The molecule has 2 aliphatic rings. The molecule has 0 radical (unpaired) electrons. The molecule has 3 rings (SSSR count). The first-order valence-electron chi connectivity index (χ1n) is 7.42. The van der Waals surface area contributed by atoms with Crippen molar-refractivity contribution in [3.05, 3.63) is 34.9 Å². The molecule has 1 aliphatic heterocycles. The van der Waals surface area contributed by atoms with Gasteiger partial charge in [0.1, 0.15) is 0 Å². The van der Waals surface area contributed by atoms with Gasteiger partial charge in [-0.1, -0.05) is 13.0 Å². The van der Waals surface area contributed by atoms with Crippen molar-refractivity contribution in [2.75, 3.05) is 6.54 Å². The maximum Gasteiger partial charge on any atom is 0.335 e. The summed E-state index contributed by atoms with van der Waals surface area (Å²) >= 11 is 0. The summed E-state index contributed by atoms with van der Waals surface area (Å²) in [5, 5.41) is 12.0. The van der Waals surface area contributed by atoms with Gasteiger partial charge in [-0.2, -0.15) is 0 Å². The van der Waals surface area contributed by atoms with Gasteiger partial charge in [-0.05, 0) is 47.9 Å². The second-order valence-corrected chi connectivity index (χ2v) is 6.15. The van der Waals surface area contributed by atoms with Crippen LogP contribution in [0.15, 0.2) is 18.2 Å². The zero-order valence-corrected chi connectivity index (χ0v) is 12.1. The number of carboxylic acid groups (broad SMARTS) is 1. The quantitative estimate of drug-likeness (QED) is 0.894. The molecule has 0 aromatic heterocycles. The van der Waals surface area contributed by atoms with Gasteiger partial charge in [-0.3, -0.25) is 0 Å². The highest BCUT2D eigenvalue weighted by molar-refractivity contribution is 5.88. The number of hydrogen-bond donors (Lipinski definition) is 2. The SMILES string of the molecule is CC(CNC(=O)N1Cc2ccc(C(=O)O)cc2C1)C1CC1. The molecule has 2 amide bonds. The lowest BCUT2D eigenvalue weighted by molar-refractivity contribution is 0.0696. The highest BCUT2D eigenvalue weighted by Gasteiger charge is 2.29. The van der Waals surface area contributed by atoms with Crippen LogP contribution in [-0.2, 0) is 13.1 Å². The number of urea groups is 1. The summed E-state index contributed by atoms with van der Waals surface area (Å²) in [5.41, 5.74) is 2.24. The number of carbonyl (C=O) groups excluding carboxylic acids is 1. The molecule has 1 fully saturated rings. The maximum absolute atomic E-state index is 12.2. The van der Waals surface area contributed by atoms with E-state index in [0.29, 0.717) is 19.0 Å². The van der Waals surface area contributed by atoms with Gasteiger partial charge in [0.15, 0.2) is 0 Å². The largest absolute Gasteiger partial charge is 0.478 e. The normalized spacial score (nSPS) is 18.2. The third-order valence-electron chi connectivity index (χ3n) is 4.46. The van der Waals surface area contributed by atoms with Crippen LogP contribution < -0.4 is 5.32 Å². The van der Waals surface area contributed by atoms with Crippen LogP contribution in [0, 0.1) is 11.8 Å². The number of nitrogens with one attached hydrogen (secondary N) is 1. The van der Waals surface area contributed by atoms with Gasteiger partial charge in [0.25, 0.3) is 0 Å². The van der Waals surface area contributed by atoms with Crippen molar-refractivity contribution in [1.29, 1.82) is 0 Å². The van der Waals surface area contributed by atoms with Crippen molar-refractivity contribution < 1.29 is 14.7 Å².